The molecule has 0 aromatic carbocycles. The molecule has 0 spiro atoms. The lowest BCUT2D eigenvalue weighted by Crippen LogP contribution is -2.47. The predicted molar refractivity (Wildman–Crippen MR) is 106 cm³/mol. The topological polar surface area (TPSA) is 71.7 Å². The summed E-state index contributed by atoms with van der Waals surface area (Å²) in [5.41, 5.74) is 6.64. The summed E-state index contributed by atoms with van der Waals surface area (Å²) in [6.45, 7) is 6.23. The van der Waals surface area contributed by atoms with Crippen molar-refractivity contribution in [1.29, 1.82) is 0 Å². The number of primary amides is 1. The van der Waals surface area contributed by atoms with Gasteiger partial charge in [-0.05, 0) is 43.7 Å². The molecule has 0 radical (unpaired) electrons. The van der Waals surface area contributed by atoms with E-state index in [1.807, 2.05) is 6.20 Å². The van der Waals surface area contributed by atoms with Gasteiger partial charge in [-0.15, -0.1) is 0 Å². The molecule has 2 fully saturated rings. The van der Waals surface area contributed by atoms with Crippen molar-refractivity contribution in [2.45, 2.75) is 44.9 Å². The monoisotopic (exact) mass is 372 g/mol. The van der Waals surface area contributed by atoms with Crippen LogP contribution in [0.15, 0.2) is 12.3 Å². The number of rotatable bonds is 6. The second-order valence-corrected chi connectivity index (χ2v) is 8.40. The molecule has 3 aliphatic rings. The molecular formula is C21H32N4O2. The third kappa shape index (κ3) is 4.54. The zero-order valence-electron chi connectivity index (χ0n) is 16.2. The number of pyridine rings is 1. The second-order valence-electron chi connectivity index (χ2n) is 8.40. The van der Waals surface area contributed by atoms with E-state index in [0.717, 1.165) is 56.7 Å². The van der Waals surface area contributed by atoms with E-state index in [9.17, 15) is 4.79 Å². The molecule has 148 valence electrons. The molecule has 1 saturated heterocycles. The van der Waals surface area contributed by atoms with Crippen LogP contribution in [0.4, 0.5) is 5.82 Å². The average Bonchev–Trinajstić information content (AvgIpc) is 3.16. The van der Waals surface area contributed by atoms with Gasteiger partial charge in [-0.2, -0.15) is 0 Å². The average molecular weight is 373 g/mol. The minimum atomic E-state index is -0.139. The van der Waals surface area contributed by atoms with Gasteiger partial charge in [0.25, 0.3) is 0 Å². The first-order chi connectivity index (χ1) is 13.2. The van der Waals surface area contributed by atoms with Crippen molar-refractivity contribution in [2.24, 2.45) is 17.6 Å². The molecule has 0 bridgehead atoms. The Morgan fingerprint density at radius 3 is 2.63 bits per heavy atom. The Morgan fingerprint density at radius 2 is 1.89 bits per heavy atom. The van der Waals surface area contributed by atoms with Crippen molar-refractivity contribution in [3.05, 3.63) is 17.8 Å². The number of carbonyl (C=O) groups is 1. The lowest BCUT2D eigenvalue weighted by molar-refractivity contribution is -0.119. The molecule has 27 heavy (non-hydrogen) atoms. The Bertz CT molecular complexity index is 650. The van der Waals surface area contributed by atoms with Gasteiger partial charge in [0.15, 0.2) is 11.6 Å². The predicted octanol–water partition coefficient (Wildman–Crippen LogP) is 2.21. The highest BCUT2D eigenvalue weighted by atomic mass is 16.5. The zero-order valence-corrected chi connectivity index (χ0v) is 16.2. The summed E-state index contributed by atoms with van der Waals surface area (Å²) in [7, 11) is 0. The molecule has 2 aliphatic heterocycles. The fraction of sp³-hybridized carbons (Fsp3) is 0.714. The first-order valence-corrected chi connectivity index (χ1v) is 10.6. The maximum Gasteiger partial charge on any atom is 0.217 e. The van der Waals surface area contributed by atoms with Crippen LogP contribution in [0.3, 0.4) is 0 Å². The normalized spacial score (nSPS) is 25.9. The number of hydrogen-bond acceptors (Lipinski definition) is 5. The van der Waals surface area contributed by atoms with E-state index < -0.39 is 0 Å². The van der Waals surface area contributed by atoms with Crippen molar-refractivity contribution in [1.82, 2.24) is 9.88 Å². The Kier molecular flexibility index (Phi) is 5.81. The summed E-state index contributed by atoms with van der Waals surface area (Å²) in [6, 6.07) is 2.08. The van der Waals surface area contributed by atoms with Crippen LogP contribution in [0.2, 0.25) is 0 Å². The lowest BCUT2D eigenvalue weighted by atomic mass is 9.79. The largest absolute Gasteiger partial charge is 0.489 e. The molecule has 1 amide bonds. The summed E-state index contributed by atoms with van der Waals surface area (Å²) in [5, 5.41) is 0. The van der Waals surface area contributed by atoms with Crippen LogP contribution in [0.1, 0.15) is 44.1 Å². The number of fused-ring (bicyclic) bond motifs is 1. The van der Waals surface area contributed by atoms with E-state index in [2.05, 4.69) is 20.9 Å². The number of amides is 1. The third-order valence-corrected chi connectivity index (χ3v) is 6.57. The molecule has 1 aliphatic carbocycles. The maximum atomic E-state index is 11.1. The summed E-state index contributed by atoms with van der Waals surface area (Å²) in [4.78, 5) is 20.6. The number of anilines is 1. The molecule has 6 heteroatoms. The number of ether oxygens (including phenoxy) is 1. The van der Waals surface area contributed by atoms with E-state index >= 15 is 0 Å². The van der Waals surface area contributed by atoms with Gasteiger partial charge >= 0.3 is 0 Å². The number of piperazine rings is 1. The summed E-state index contributed by atoms with van der Waals surface area (Å²) in [5.74, 6) is 3.26. The van der Waals surface area contributed by atoms with Crippen molar-refractivity contribution in [3.63, 3.8) is 0 Å². The molecule has 1 aromatic heterocycles. The van der Waals surface area contributed by atoms with E-state index in [0.29, 0.717) is 12.3 Å². The minimum absolute atomic E-state index is 0.139. The third-order valence-electron chi connectivity index (χ3n) is 6.57. The number of nitrogens with two attached hydrogens (primary N) is 1. The smallest absolute Gasteiger partial charge is 0.217 e. The van der Waals surface area contributed by atoms with Crippen LogP contribution < -0.4 is 15.4 Å². The van der Waals surface area contributed by atoms with Gasteiger partial charge in [0.05, 0.1) is 6.61 Å². The van der Waals surface area contributed by atoms with Crippen LogP contribution >= 0.6 is 0 Å². The molecule has 4 rings (SSSR count). The standard InChI is InChI=1S/C21H32N4O2/c22-19(26)15-17-3-1-16(2-4-17)6-9-24-10-12-25(13-11-24)21-20-18(5-8-23-21)7-14-27-20/h5,8,16-17H,1-4,6-7,9-15H2,(H2,22,26). The van der Waals surface area contributed by atoms with E-state index in [1.54, 1.807) is 0 Å². The lowest BCUT2D eigenvalue weighted by Gasteiger charge is -2.37. The zero-order chi connectivity index (χ0) is 18.6. The molecule has 1 aromatic rings. The Balaban J connectivity index is 1.20. The summed E-state index contributed by atoms with van der Waals surface area (Å²) >= 11 is 0. The Morgan fingerprint density at radius 1 is 1.15 bits per heavy atom. The van der Waals surface area contributed by atoms with Gasteiger partial charge in [0, 0.05) is 50.8 Å². The summed E-state index contributed by atoms with van der Waals surface area (Å²) in [6.07, 6.45) is 9.65. The van der Waals surface area contributed by atoms with Crippen LogP contribution in [-0.2, 0) is 11.2 Å². The molecule has 0 unspecified atom stereocenters. The maximum absolute atomic E-state index is 11.1. The van der Waals surface area contributed by atoms with E-state index in [-0.39, 0.29) is 5.91 Å². The van der Waals surface area contributed by atoms with Crippen LogP contribution in [0.25, 0.3) is 0 Å². The number of nitrogens with zero attached hydrogens (tertiary/aromatic N) is 3. The van der Waals surface area contributed by atoms with Gasteiger partial charge in [-0.3, -0.25) is 9.69 Å². The number of aromatic nitrogens is 1. The molecule has 3 heterocycles. The fourth-order valence-electron chi connectivity index (χ4n) is 4.88. The quantitative estimate of drug-likeness (QED) is 0.829. The molecular weight excluding hydrogens is 340 g/mol. The minimum Gasteiger partial charge on any atom is -0.489 e. The van der Waals surface area contributed by atoms with E-state index in [1.165, 1.54) is 44.2 Å². The van der Waals surface area contributed by atoms with Crippen LogP contribution in [0.5, 0.6) is 5.75 Å². The van der Waals surface area contributed by atoms with Gasteiger partial charge in [-0.1, -0.05) is 12.8 Å². The van der Waals surface area contributed by atoms with Crippen molar-refractivity contribution in [2.75, 3.05) is 44.2 Å². The molecule has 0 atom stereocenters. The summed E-state index contributed by atoms with van der Waals surface area (Å²) < 4.78 is 5.82. The molecule has 6 nitrogen and oxygen atoms in total. The van der Waals surface area contributed by atoms with Crippen molar-refractivity contribution < 1.29 is 9.53 Å². The first kappa shape index (κ1) is 18.5. The number of carbonyl (C=O) groups excluding carboxylic acids is 1. The van der Waals surface area contributed by atoms with Gasteiger partial charge in [0.1, 0.15) is 0 Å². The fourth-order valence-corrected chi connectivity index (χ4v) is 4.88. The Hall–Kier alpha value is -1.82. The Labute approximate surface area is 162 Å². The van der Waals surface area contributed by atoms with Crippen molar-refractivity contribution in [3.8, 4) is 5.75 Å². The molecule has 2 N–H and O–H groups in total. The first-order valence-electron chi connectivity index (χ1n) is 10.6. The highest BCUT2D eigenvalue weighted by molar-refractivity contribution is 5.73. The highest BCUT2D eigenvalue weighted by Gasteiger charge is 2.26. The second kappa shape index (κ2) is 8.46. The van der Waals surface area contributed by atoms with Gasteiger partial charge < -0.3 is 15.4 Å². The van der Waals surface area contributed by atoms with Gasteiger partial charge in [0.2, 0.25) is 5.91 Å². The van der Waals surface area contributed by atoms with Crippen LogP contribution in [0, 0.1) is 11.8 Å². The molecule has 1 saturated carbocycles. The SMILES string of the molecule is NC(=O)CC1CCC(CCN2CCN(c3nccc4c3OCC4)CC2)CC1. The van der Waals surface area contributed by atoms with Crippen LogP contribution in [-0.4, -0.2) is 55.1 Å². The highest BCUT2D eigenvalue weighted by Crippen LogP contribution is 2.35. The van der Waals surface area contributed by atoms with E-state index in [4.69, 9.17) is 10.5 Å². The van der Waals surface area contributed by atoms with Gasteiger partial charge in [-0.25, -0.2) is 4.98 Å². The van der Waals surface area contributed by atoms with Crippen molar-refractivity contribution >= 4 is 11.7 Å². The number of hydrogen-bond donors (Lipinski definition) is 1.